The third kappa shape index (κ3) is 3.51. The summed E-state index contributed by atoms with van der Waals surface area (Å²) in [6, 6.07) is 3.64. The van der Waals surface area contributed by atoms with E-state index in [1.165, 1.54) is 4.31 Å². The molecule has 5 nitrogen and oxygen atoms in total. The molecule has 1 unspecified atom stereocenters. The van der Waals surface area contributed by atoms with Gasteiger partial charge in [0.25, 0.3) is 0 Å². The van der Waals surface area contributed by atoms with Gasteiger partial charge in [-0.25, -0.2) is 8.42 Å². The SMILES string of the molecule is CCC(CN)S(=O)(=O)N(CC)Cc1ccncc1. The molecule has 1 aromatic heterocycles. The summed E-state index contributed by atoms with van der Waals surface area (Å²) in [6.45, 7) is 4.65. The van der Waals surface area contributed by atoms with E-state index < -0.39 is 15.3 Å². The summed E-state index contributed by atoms with van der Waals surface area (Å²) < 4.78 is 26.2. The van der Waals surface area contributed by atoms with E-state index in [-0.39, 0.29) is 6.54 Å². The van der Waals surface area contributed by atoms with Gasteiger partial charge in [-0.2, -0.15) is 4.31 Å². The van der Waals surface area contributed by atoms with E-state index >= 15 is 0 Å². The summed E-state index contributed by atoms with van der Waals surface area (Å²) in [5, 5.41) is -0.501. The molecule has 18 heavy (non-hydrogen) atoms. The molecule has 102 valence electrons. The fourth-order valence-electron chi connectivity index (χ4n) is 1.78. The molecular formula is C12H21N3O2S. The Hall–Kier alpha value is -0.980. The largest absolute Gasteiger partial charge is 0.329 e. The Balaban J connectivity index is 2.90. The number of sulfonamides is 1. The summed E-state index contributed by atoms with van der Waals surface area (Å²) in [5.74, 6) is 0. The second-order valence-electron chi connectivity index (χ2n) is 4.09. The Morgan fingerprint density at radius 1 is 1.33 bits per heavy atom. The van der Waals surface area contributed by atoms with E-state index in [1.807, 2.05) is 26.0 Å². The molecule has 0 radical (unpaired) electrons. The van der Waals surface area contributed by atoms with E-state index in [4.69, 9.17) is 5.73 Å². The van der Waals surface area contributed by atoms with Gasteiger partial charge in [0, 0.05) is 32.0 Å². The van der Waals surface area contributed by atoms with Crippen LogP contribution < -0.4 is 5.73 Å². The normalized spacial score (nSPS) is 13.8. The molecule has 0 saturated carbocycles. The van der Waals surface area contributed by atoms with Gasteiger partial charge in [0.15, 0.2) is 0 Å². The molecule has 0 saturated heterocycles. The molecule has 1 heterocycles. The minimum atomic E-state index is -3.32. The van der Waals surface area contributed by atoms with Crippen molar-refractivity contribution in [2.75, 3.05) is 13.1 Å². The molecule has 0 amide bonds. The first-order valence-electron chi connectivity index (χ1n) is 6.14. The molecule has 6 heteroatoms. The average molecular weight is 271 g/mol. The first kappa shape index (κ1) is 15.1. The Bertz CT molecular complexity index is 444. The van der Waals surface area contributed by atoms with Crippen LogP contribution in [0.15, 0.2) is 24.5 Å². The van der Waals surface area contributed by atoms with Crippen molar-refractivity contribution in [3.8, 4) is 0 Å². The van der Waals surface area contributed by atoms with Crippen LogP contribution in [0.1, 0.15) is 25.8 Å². The highest BCUT2D eigenvalue weighted by Gasteiger charge is 2.28. The number of rotatable bonds is 7. The first-order chi connectivity index (χ1) is 8.56. The maximum Gasteiger partial charge on any atom is 0.218 e. The van der Waals surface area contributed by atoms with Crippen LogP contribution in [-0.2, 0) is 16.6 Å². The maximum atomic E-state index is 12.4. The lowest BCUT2D eigenvalue weighted by atomic mass is 10.3. The number of aromatic nitrogens is 1. The van der Waals surface area contributed by atoms with Gasteiger partial charge in [-0.3, -0.25) is 4.98 Å². The van der Waals surface area contributed by atoms with E-state index in [0.717, 1.165) is 5.56 Å². The molecule has 1 aromatic rings. The minimum absolute atomic E-state index is 0.158. The number of hydrogen-bond acceptors (Lipinski definition) is 4. The van der Waals surface area contributed by atoms with Crippen LogP contribution in [0.25, 0.3) is 0 Å². The summed E-state index contributed by atoms with van der Waals surface area (Å²) in [4.78, 5) is 3.92. The van der Waals surface area contributed by atoms with E-state index in [9.17, 15) is 8.42 Å². The van der Waals surface area contributed by atoms with Crippen LogP contribution in [0, 0.1) is 0 Å². The quantitative estimate of drug-likeness (QED) is 0.801. The van der Waals surface area contributed by atoms with Gasteiger partial charge in [-0.1, -0.05) is 13.8 Å². The van der Waals surface area contributed by atoms with Gasteiger partial charge in [0.1, 0.15) is 0 Å². The number of nitrogens with zero attached hydrogens (tertiary/aromatic N) is 2. The number of hydrogen-bond donors (Lipinski definition) is 1. The molecule has 0 aromatic carbocycles. The van der Waals surface area contributed by atoms with Crippen molar-refractivity contribution in [2.45, 2.75) is 32.1 Å². The summed E-state index contributed by atoms with van der Waals surface area (Å²) in [6.07, 6.45) is 3.86. The Morgan fingerprint density at radius 2 is 1.94 bits per heavy atom. The molecule has 0 bridgehead atoms. The lowest BCUT2D eigenvalue weighted by molar-refractivity contribution is 0.413. The van der Waals surface area contributed by atoms with Gasteiger partial charge in [0.05, 0.1) is 5.25 Å². The lowest BCUT2D eigenvalue weighted by Gasteiger charge is -2.25. The van der Waals surface area contributed by atoms with Gasteiger partial charge in [-0.15, -0.1) is 0 Å². The van der Waals surface area contributed by atoms with E-state index in [0.29, 0.717) is 19.5 Å². The van der Waals surface area contributed by atoms with Crippen LogP contribution in [0.3, 0.4) is 0 Å². The van der Waals surface area contributed by atoms with Crippen LogP contribution in [0.4, 0.5) is 0 Å². The Labute approximate surface area is 109 Å². The fraction of sp³-hybridized carbons (Fsp3) is 0.583. The molecule has 0 fully saturated rings. The minimum Gasteiger partial charge on any atom is -0.329 e. The van der Waals surface area contributed by atoms with Crippen LogP contribution >= 0.6 is 0 Å². The summed E-state index contributed by atoms with van der Waals surface area (Å²) in [5.41, 5.74) is 6.47. The van der Waals surface area contributed by atoms with Crippen molar-refractivity contribution >= 4 is 10.0 Å². The van der Waals surface area contributed by atoms with E-state index in [1.54, 1.807) is 12.4 Å². The highest BCUT2D eigenvalue weighted by molar-refractivity contribution is 7.89. The Kier molecular flexibility index (Phi) is 5.71. The highest BCUT2D eigenvalue weighted by atomic mass is 32.2. The number of pyridine rings is 1. The van der Waals surface area contributed by atoms with Crippen molar-refractivity contribution in [1.29, 1.82) is 0 Å². The van der Waals surface area contributed by atoms with Crippen LogP contribution in [0.5, 0.6) is 0 Å². The monoisotopic (exact) mass is 271 g/mol. The second-order valence-corrected chi connectivity index (χ2v) is 6.31. The van der Waals surface area contributed by atoms with Crippen molar-refractivity contribution in [3.63, 3.8) is 0 Å². The Morgan fingerprint density at radius 3 is 2.39 bits per heavy atom. The molecule has 1 rings (SSSR count). The van der Waals surface area contributed by atoms with Gasteiger partial charge < -0.3 is 5.73 Å². The zero-order chi connectivity index (χ0) is 13.6. The zero-order valence-electron chi connectivity index (χ0n) is 10.9. The molecule has 0 aliphatic heterocycles. The molecule has 2 N–H and O–H groups in total. The van der Waals surface area contributed by atoms with Crippen LogP contribution in [0.2, 0.25) is 0 Å². The first-order valence-corrected chi connectivity index (χ1v) is 7.64. The second kappa shape index (κ2) is 6.82. The third-order valence-electron chi connectivity index (χ3n) is 2.96. The van der Waals surface area contributed by atoms with Crippen molar-refractivity contribution in [3.05, 3.63) is 30.1 Å². The third-order valence-corrected chi connectivity index (χ3v) is 5.44. The lowest BCUT2D eigenvalue weighted by Crippen LogP contribution is -2.41. The zero-order valence-corrected chi connectivity index (χ0v) is 11.7. The van der Waals surface area contributed by atoms with Crippen molar-refractivity contribution in [1.82, 2.24) is 9.29 Å². The molecule has 0 spiro atoms. The maximum absolute atomic E-state index is 12.4. The van der Waals surface area contributed by atoms with Crippen LogP contribution in [-0.4, -0.2) is 36.0 Å². The van der Waals surface area contributed by atoms with Gasteiger partial charge in [-0.05, 0) is 24.1 Å². The van der Waals surface area contributed by atoms with Crippen molar-refractivity contribution < 1.29 is 8.42 Å². The summed E-state index contributed by atoms with van der Waals surface area (Å²) >= 11 is 0. The molecule has 0 aliphatic carbocycles. The summed E-state index contributed by atoms with van der Waals surface area (Å²) in [7, 11) is -3.32. The molecular weight excluding hydrogens is 250 g/mol. The topological polar surface area (TPSA) is 76.3 Å². The standard InChI is InChI=1S/C12H21N3O2S/c1-3-12(9-13)18(16,17)15(4-2)10-11-5-7-14-8-6-11/h5-8,12H,3-4,9-10,13H2,1-2H3. The predicted molar refractivity (Wildman–Crippen MR) is 72.4 cm³/mol. The number of nitrogens with two attached hydrogens (primary N) is 1. The highest BCUT2D eigenvalue weighted by Crippen LogP contribution is 2.15. The molecule has 0 aliphatic rings. The van der Waals surface area contributed by atoms with Crippen molar-refractivity contribution in [2.24, 2.45) is 5.73 Å². The van der Waals surface area contributed by atoms with Gasteiger partial charge in [0.2, 0.25) is 10.0 Å². The van der Waals surface area contributed by atoms with Gasteiger partial charge >= 0.3 is 0 Å². The fourth-order valence-corrected chi connectivity index (χ4v) is 3.56. The average Bonchev–Trinajstić information content (AvgIpc) is 2.38. The smallest absolute Gasteiger partial charge is 0.218 e. The van der Waals surface area contributed by atoms with E-state index in [2.05, 4.69) is 4.98 Å². The predicted octanol–water partition coefficient (Wildman–Crippen LogP) is 0.971. The molecule has 1 atom stereocenters.